The number of hydrogen-bond acceptors (Lipinski definition) is 7. The molecule has 0 fully saturated rings. The molecule has 0 amide bonds. The highest BCUT2D eigenvalue weighted by molar-refractivity contribution is 5.78. The third-order valence-corrected chi connectivity index (χ3v) is 3.66. The third kappa shape index (κ3) is 4.78. The molecule has 1 aromatic carbocycles. The molecular weight excluding hydrogens is 348 g/mol. The summed E-state index contributed by atoms with van der Waals surface area (Å²) in [5.41, 5.74) is 1.95. The first-order chi connectivity index (χ1) is 13.1. The fraction of sp³-hybridized carbons (Fsp3) is 0.333. The molecule has 0 aliphatic carbocycles. The Balaban J connectivity index is 1.96. The smallest absolute Gasteiger partial charge is 0.256 e. The van der Waals surface area contributed by atoms with E-state index in [1.807, 2.05) is 44.4 Å². The molecule has 1 atom stereocenters. The highest BCUT2D eigenvalue weighted by Crippen LogP contribution is 2.25. The summed E-state index contributed by atoms with van der Waals surface area (Å²) in [6, 6.07) is 9.73. The lowest BCUT2D eigenvalue weighted by Gasteiger charge is -2.10. The van der Waals surface area contributed by atoms with Gasteiger partial charge in [-0.2, -0.15) is 9.97 Å². The van der Waals surface area contributed by atoms with Crippen molar-refractivity contribution in [3.63, 3.8) is 0 Å². The van der Waals surface area contributed by atoms with Crippen molar-refractivity contribution in [3.05, 3.63) is 42.2 Å². The fourth-order valence-corrected chi connectivity index (χ4v) is 2.38. The molecule has 9 heteroatoms. The van der Waals surface area contributed by atoms with E-state index in [2.05, 4.69) is 19.9 Å². The molecule has 2 N–H and O–H groups in total. The van der Waals surface area contributed by atoms with E-state index >= 15 is 0 Å². The zero-order chi connectivity index (χ0) is 19.2. The summed E-state index contributed by atoms with van der Waals surface area (Å²) in [4.78, 5) is 19.1. The Hall–Kier alpha value is -3.04. The Morgan fingerprint density at radius 3 is 2.74 bits per heavy atom. The molecule has 2 aromatic heterocycles. The Morgan fingerprint density at radius 1 is 1.26 bits per heavy atom. The minimum Gasteiger partial charge on any atom is -0.471 e. The second-order valence-corrected chi connectivity index (χ2v) is 6.22. The molecule has 0 unspecified atom stereocenters. The van der Waals surface area contributed by atoms with Crippen LogP contribution in [0.3, 0.4) is 0 Å². The van der Waals surface area contributed by atoms with Crippen LogP contribution < -0.4 is 4.74 Å². The molecule has 0 saturated carbocycles. The van der Waals surface area contributed by atoms with Gasteiger partial charge in [-0.3, -0.25) is 0 Å². The number of benzene rings is 1. The number of ether oxygens (including phenoxy) is 1. The highest BCUT2D eigenvalue weighted by Gasteiger charge is 2.16. The largest absolute Gasteiger partial charge is 0.471 e. The lowest BCUT2D eigenvalue weighted by atomic mass is 10.2. The molecular formula is C18H22N6O3. The van der Waals surface area contributed by atoms with Crippen LogP contribution in [0, 0.1) is 0 Å². The number of nitrogens with zero attached hydrogens (tertiary/aromatic N) is 6. The van der Waals surface area contributed by atoms with E-state index in [9.17, 15) is 5.11 Å². The SMILES string of the molecule is CN(C)C=Nc1nc(OCc2ccccc2)c2ncn(C[C@H](O)CO)c2n1. The van der Waals surface area contributed by atoms with Gasteiger partial charge in [0.2, 0.25) is 5.88 Å². The average Bonchev–Trinajstić information content (AvgIpc) is 3.08. The number of imidazole rings is 1. The summed E-state index contributed by atoms with van der Waals surface area (Å²) in [7, 11) is 3.69. The summed E-state index contributed by atoms with van der Waals surface area (Å²) < 4.78 is 7.51. The number of aliphatic hydroxyl groups is 2. The van der Waals surface area contributed by atoms with Crippen molar-refractivity contribution < 1.29 is 14.9 Å². The normalized spacial score (nSPS) is 12.6. The Labute approximate surface area is 156 Å². The van der Waals surface area contributed by atoms with Gasteiger partial charge in [0.25, 0.3) is 5.95 Å². The van der Waals surface area contributed by atoms with E-state index in [-0.39, 0.29) is 19.1 Å². The predicted octanol–water partition coefficient (Wildman–Crippen LogP) is 0.980. The van der Waals surface area contributed by atoms with Gasteiger partial charge >= 0.3 is 0 Å². The molecule has 142 valence electrons. The van der Waals surface area contributed by atoms with Gasteiger partial charge in [0.05, 0.1) is 31.9 Å². The number of aliphatic imine (C=N–C) groups is 1. The van der Waals surface area contributed by atoms with Crippen molar-refractivity contribution in [2.24, 2.45) is 4.99 Å². The molecule has 27 heavy (non-hydrogen) atoms. The molecule has 0 spiro atoms. The molecule has 2 heterocycles. The average molecular weight is 370 g/mol. The number of rotatable bonds is 8. The number of aliphatic hydroxyl groups excluding tert-OH is 2. The molecule has 0 aliphatic heterocycles. The van der Waals surface area contributed by atoms with E-state index in [4.69, 9.17) is 9.84 Å². The second-order valence-electron chi connectivity index (χ2n) is 6.22. The predicted molar refractivity (Wildman–Crippen MR) is 101 cm³/mol. The molecule has 0 bridgehead atoms. The first kappa shape index (κ1) is 18.7. The summed E-state index contributed by atoms with van der Waals surface area (Å²) in [5.74, 6) is 0.534. The van der Waals surface area contributed by atoms with Crippen molar-refractivity contribution in [2.75, 3.05) is 20.7 Å². The maximum Gasteiger partial charge on any atom is 0.256 e. The molecule has 0 radical (unpaired) electrons. The highest BCUT2D eigenvalue weighted by atomic mass is 16.5. The van der Waals surface area contributed by atoms with Crippen molar-refractivity contribution in [2.45, 2.75) is 19.3 Å². The van der Waals surface area contributed by atoms with Crippen LogP contribution in [-0.4, -0.2) is 67.8 Å². The van der Waals surface area contributed by atoms with Crippen molar-refractivity contribution in [1.82, 2.24) is 24.4 Å². The first-order valence-electron chi connectivity index (χ1n) is 8.46. The van der Waals surface area contributed by atoms with Crippen LogP contribution in [0.2, 0.25) is 0 Å². The van der Waals surface area contributed by atoms with Crippen LogP contribution in [0.1, 0.15) is 5.56 Å². The van der Waals surface area contributed by atoms with Gasteiger partial charge < -0.3 is 24.4 Å². The fourth-order valence-electron chi connectivity index (χ4n) is 2.38. The topological polar surface area (TPSA) is 109 Å². The van der Waals surface area contributed by atoms with Gasteiger partial charge in [0.1, 0.15) is 6.61 Å². The van der Waals surface area contributed by atoms with E-state index in [1.54, 1.807) is 15.8 Å². The Bertz CT molecular complexity index is 910. The van der Waals surface area contributed by atoms with Crippen LogP contribution in [0.15, 0.2) is 41.7 Å². The maximum absolute atomic E-state index is 9.75. The zero-order valence-electron chi connectivity index (χ0n) is 15.2. The quantitative estimate of drug-likeness (QED) is 0.449. The third-order valence-electron chi connectivity index (χ3n) is 3.66. The van der Waals surface area contributed by atoms with Gasteiger partial charge in [-0.1, -0.05) is 30.3 Å². The van der Waals surface area contributed by atoms with Gasteiger partial charge in [-0.05, 0) is 5.56 Å². The minimum atomic E-state index is -0.917. The molecule has 0 saturated heterocycles. The van der Waals surface area contributed by atoms with Crippen molar-refractivity contribution >= 4 is 23.5 Å². The lowest BCUT2D eigenvalue weighted by Crippen LogP contribution is -2.19. The van der Waals surface area contributed by atoms with E-state index in [0.717, 1.165) is 5.56 Å². The van der Waals surface area contributed by atoms with Crippen LogP contribution in [0.25, 0.3) is 11.2 Å². The summed E-state index contributed by atoms with van der Waals surface area (Å²) in [6.45, 7) is 0.128. The van der Waals surface area contributed by atoms with Gasteiger partial charge in [0, 0.05) is 14.1 Å². The lowest BCUT2D eigenvalue weighted by molar-refractivity contribution is 0.0820. The van der Waals surface area contributed by atoms with E-state index in [0.29, 0.717) is 23.7 Å². The van der Waals surface area contributed by atoms with E-state index < -0.39 is 6.10 Å². The standard InChI is InChI=1S/C18H22N6O3/c1-23(2)11-20-18-21-16-15(19-12-24(16)8-14(26)9-25)17(22-18)27-10-13-6-4-3-5-7-13/h3-7,11-12,14,25-26H,8-10H2,1-2H3/t14-/m0/s1. The minimum absolute atomic E-state index is 0.152. The first-order valence-corrected chi connectivity index (χ1v) is 8.46. The summed E-state index contributed by atoms with van der Waals surface area (Å²) in [5, 5.41) is 18.8. The van der Waals surface area contributed by atoms with Crippen molar-refractivity contribution in [3.8, 4) is 5.88 Å². The van der Waals surface area contributed by atoms with Gasteiger partial charge in [-0.25, -0.2) is 9.98 Å². The Morgan fingerprint density at radius 2 is 2.04 bits per heavy atom. The monoisotopic (exact) mass is 370 g/mol. The number of aromatic nitrogens is 4. The second kappa shape index (κ2) is 8.56. The summed E-state index contributed by atoms with van der Waals surface area (Å²) >= 11 is 0. The Kier molecular flexibility index (Phi) is 5.94. The zero-order valence-corrected chi connectivity index (χ0v) is 15.2. The summed E-state index contributed by atoms with van der Waals surface area (Å²) in [6.07, 6.45) is 2.21. The molecule has 0 aliphatic rings. The molecule has 3 rings (SSSR count). The van der Waals surface area contributed by atoms with Crippen LogP contribution in [0.5, 0.6) is 5.88 Å². The van der Waals surface area contributed by atoms with Crippen LogP contribution in [0.4, 0.5) is 5.95 Å². The van der Waals surface area contributed by atoms with Crippen molar-refractivity contribution in [1.29, 1.82) is 0 Å². The van der Waals surface area contributed by atoms with Crippen LogP contribution in [-0.2, 0) is 13.2 Å². The van der Waals surface area contributed by atoms with Gasteiger partial charge in [-0.15, -0.1) is 0 Å². The molecule has 3 aromatic rings. The van der Waals surface area contributed by atoms with Gasteiger partial charge in [0.15, 0.2) is 11.2 Å². The molecule has 9 nitrogen and oxygen atoms in total. The number of hydrogen-bond donors (Lipinski definition) is 2. The van der Waals surface area contributed by atoms with E-state index in [1.165, 1.54) is 6.33 Å². The number of fused-ring (bicyclic) bond motifs is 1. The van der Waals surface area contributed by atoms with Crippen LogP contribution >= 0.6 is 0 Å². The maximum atomic E-state index is 9.75.